The van der Waals surface area contributed by atoms with Crippen molar-refractivity contribution in [3.63, 3.8) is 0 Å². The second kappa shape index (κ2) is 6.33. The predicted molar refractivity (Wildman–Crippen MR) is 76.5 cm³/mol. The van der Waals surface area contributed by atoms with Crippen molar-refractivity contribution in [2.75, 3.05) is 19.4 Å². The van der Waals surface area contributed by atoms with Gasteiger partial charge in [0, 0.05) is 31.4 Å². The summed E-state index contributed by atoms with van der Waals surface area (Å²) in [4.78, 5) is 0. The molecule has 0 saturated carbocycles. The van der Waals surface area contributed by atoms with Crippen molar-refractivity contribution in [2.45, 2.75) is 0 Å². The first-order chi connectivity index (χ1) is 8.85. The minimum atomic E-state index is 0.234. The van der Waals surface area contributed by atoms with Crippen molar-refractivity contribution in [3.05, 3.63) is 36.4 Å². The molecule has 0 aliphatic carbocycles. The maximum Gasteiger partial charge on any atom is 0.506 e. The Bertz CT molecular complexity index is 522. The van der Waals surface area contributed by atoms with Gasteiger partial charge in [-0.1, -0.05) is 24.3 Å². The monoisotopic (exact) mass is 243 g/mol. The van der Waals surface area contributed by atoms with Gasteiger partial charge in [-0.25, -0.2) is 0 Å². The van der Waals surface area contributed by atoms with Gasteiger partial charge in [0.05, 0.1) is 0 Å². The lowest BCUT2D eigenvalue weighted by Crippen LogP contribution is -2.09. The zero-order valence-electron chi connectivity index (χ0n) is 10.6. The molecular weight excluding hydrogens is 228 g/mol. The number of anilines is 1. The smallest absolute Gasteiger partial charge is 0.506 e. The van der Waals surface area contributed by atoms with Crippen LogP contribution in [0.2, 0.25) is 0 Å². The lowest BCUT2D eigenvalue weighted by atomic mass is 10.1. The van der Waals surface area contributed by atoms with Crippen molar-refractivity contribution < 1.29 is 14.0 Å². The number of hydrogen-bond acceptors (Lipinski definition) is 4. The SMILES string of the molecule is COBNc1cc(OBOC)c2ccccc2c1. The van der Waals surface area contributed by atoms with Crippen LogP contribution in [0.1, 0.15) is 0 Å². The van der Waals surface area contributed by atoms with Gasteiger partial charge in [0.2, 0.25) is 0 Å². The minimum Gasteiger partial charge on any atom is -0.538 e. The summed E-state index contributed by atoms with van der Waals surface area (Å²) in [5.74, 6) is 0.800. The minimum absolute atomic E-state index is 0.234. The molecule has 0 unspecified atom stereocenters. The Labute approximate surface area is 108 Å². The van der Waals surface area contributed by atoms with Crippen LogP contribution in [0, 0.1) is 0 Å². The average molecular weight is 243 g/mol. The summed E-state index contributed by atoms with van der Waals surface area (Å²) in [7, 11) is 3.95. The molecular formula is C12H15B2NO3. The van der Waals surface area contributed by atoms with Crippen LogP contribution in [0.4, 0.5) is 5.69 Å². The summed E-state index contributed by atoms with van der Waals surface area (Å²) >= 11 is 0. The van der Waals surface area contributed by atoms with Gasteiger partial charge in [0.15, 0.2) is 0 Å². The fourth-order valence-corrected chi connectivity index (χ4v) is 1.77. The lowest BCUT2D eigenvalue weighted by molar-refractivity contribution is 0.367. The second-order valence-electron chi connectivity index (χ2n) is 3.86. The van der Waals surface area contributed by atoms with Crippen molar-refractivity contribution in [1.82, 2.24) is 0 Å². The molecule has 1 N–H and O–H groups in total. The molecule has 0 atom stereocenters. The van der Waals surface area contributed by atoms with E-state index in [-0.39, 0.29) is 7.69 Å². The summed E-state index contributed by atoms with van der Waals surface area (Å²) < 4.78 is 15.5. The van der Waals surface area contributed by atoms with E-state index in [1.807, 2.05) is 30.3 Å². The first kappa shape index (κ1) is 12.8. The molecule has 18 heavy (non-hydrogen) atoms. The Morgan fingerprint density at radius 2 is 1.89 bits per heavy atom. The maximum absolute atomic E-state index is 5.59. The van der Waals surface area contributed by atoms with Crippen LogP contribution in [0.15, 0.2) is 36.4 Å². The van der Waals surface area contributed by atoms with Crippen molar-refractivity contribution >= 4 is 31.8 Å². The molecule has 0 amide bonds. The number of hydrogen-bond donors (Lipinski definition) is 1. The van der Waals surface area contributed by atoms with Crippen molar-refractivity contribution in [2.24, 2.45) is 0 Å². The van der Waals surface area contributed by atoms with E-state index in [0.29, 0.717) is 7.62 Å². The van der Waals surface area contributed by atoms with Gasteiger partial charge in [-0.15, -0.1) is 0 Å². The molecule has 0 aliphatic rings. The average Bonchev–Trinajstić information content (AvgIpc) is 2.42. The number of rotatable bonds is 6. The number of benzene rings is 2. The van der Waals surface area contributed by atoms with Crippen LogP contribution in [0.3, 0.4) is 0 Å². The molecule has 0 bridgehead atoms. The Morgan fingerprint density at radius 3 is 2.67 bits per heavy atom. The number of nitrogens with one attached hydrogen (secondary N) is 1. The van der Waals surface area contributed by atoms with E-state index in [1.165, 1.54) is 0 Å². The quantitative estimate of drug-likeness (QED) is 0.779. The summed E-state index contributed by atoms with van der Waals surface area (Å²) in [6, 6.07) is 12.1. The molecule has 0 saturated heterocycles. The first-order valence-electron chi connectivity index (χ1n) is 5.72. The molecule has 0 aromatic heterocycles. The molecule has 92 valence electrons. The van der Waals surface area contributed by atoms with E-state index in [0.717, 1.165) is 22.2 Å². The van der Waals surface area contributed by atoms with Crippen LogP contribution in [0.5, 0.6) is 5.75 Å². The van der Waals surface area contributed by atoms with Gasteiger partial charge >= 0.3 is 15.3 Å². The fraction of sp³-hybridized carbons (Fsp3) is 0.167. The lowest BCUT2D eigenvalue weighted by Gasteiger charge is -2.12. The normalized spacial score (nSPS) is 10.1. The van der Waals surface area contributed by atoms with E-state index >= 15 is 0 Å². The third-order valence-corrected chi connectivity index (χ3v) is 2.58. The van der Waals surface area contributed by atoms with Crippen LogP contribution >= 0.6 is 0 Å². The molecule has 0 aliphatic heterocycles. The highest BCUT2D eigenvalue weighted by Gasteiger charge is 2.05. The summed E-state index contributed by atoms with van der Waals surface area (Å²) in [6.45, 7) is 0. The van der Waals surface area contributed by atoms with Crippen LogP contribution in [-0.4, -0.2) is 29.5 Å². The van der Waals surface area contributed by atoms with Crippen molar-refractivity contribution in [1.29, 1.82) is 0 Å². The third kappa shape index (κ3) is 2.97. The highest BCUT2D eigenvalue weighted by atomic mass is 16.6. The van der Waals surface area contributed by atoms with Crippen molar-refractivity contribution in [3.8, 4) is 5.75 Å². The van der Waals surface area contributed by atoms with Gasteiger partial charge in [-0.05, 0) is 11.5 Å². The van der Waals surface area contributed by atoms with E-state index in [9.17, 15) is 0 Å². The molecule has 0 spiro atoms. The van der Waals surface area contributed by atoms with E-state index in [1.54, 1.807) is 14.2 Å². The second-order valence-corrected chi connectivity index (χ2v) is 3.86. The van der Waals surface area contributed by atoms with Gasteiger partial charge in [0.25, 0.3) is 0 Å². The van der Waals surface area contributed by atoms with E-state index in [4.69, 9.17) is 14.0 Å². The summed E-state index contributed by atoms with van der Waals surface area (Å²) in [6.07, 6.45) is 0. The van der Waals surface area contributed by atoms with Crippen LogP contribution in [0.25, 0.3) is 10.8 Å². The van der Waals surface area contributed by atoms with E-state index < -0.39 is 0 Å². The van der Waals surface area contributed by atoms with Gasteiger partial charge in [-0.3, -0.25) is 0 Å². The molecule has 2 rings (SSSR count). The molecule has 0 heterocycles. The topological polar surface area (TPSA) is 39.7 Å². The Hall–Kier alpha value is -1.65. The molecule has 2 aromatic carbocycles. The van der Waals surface area contributed by atoms with Gasteiger partial charge < -0.3 is 19.2 Å². The fourth-order valence-electron chi connectivity index (χ4n) is 1.77. The molecule has 6 heteroatoms. The molecule has 2 aromatic rings. The Kier molecular flexibility index (Phi) is 4.50. The van der Waals surface area contributed by atoms with Gasteiger partial charge in [-0.2, -0.15) is 0 Å². The Balaban J connectivity index is 2.36. The molecule has 4 nitrogen and oxygen atoms in total. The summed E-state index contributed by atoms with van der Waals surface area (Å²) in [5, 5.41) is 5.34. The van der Waals surface area contributed by atoms with Crippen LogP contribution in [-0.2, 0) is 9.31 Å². The highest BCUT2D eigenvalue weighted by Crippen LogP contribution is 2.29. The van der Waals surface area contributed by atoms with Gasteiger partial charge in [0.1, 0.15) is 5.75 Å². The maximum atomic E-state index is 5.59. The van der Waals surface area contributed by atoms with Crippen LogP contribution < -0.4 is 9.88 Å². The third-order valence-electron chi connectivity index (χ3n) is 2.58. The first-order valence-corrected chi connectivity index (χ1v) is 5.72. The Morgan fingerprint density at radius 1 is 1.06 bits per heavy atom. The number of fused-ring (bicyclic) bond motifs is 1. The van der Waals surface area contributed by atoms with E-state index in [2.05, 4.69) is 11.3 Å². The zero-order valence-corrected chi connectivity index (χ0v) is 10.6. The standard InChI is InChI=1S/C12H15B2NO3/c1-16-13-15-10-7-9-5-3-4-6-11(9)12(8-10)18-14-17-2/h3-8,13-15H,1-2H3. The molecule has 0 fully saturated rings. The largest absolute Gasteiger partial charge is 0.538 e. The molecule has 0 radical (unpaired) electrons. The summed E-state index contributed by atoms with van der Waals surface area (Å²) in [5.41, 5.74) is 0.960. The highest BCUT2D eigenvalue weighted by molar-refractivity contribution is 6.32. The zero-order chi connectivity index (χ0) is 12.8. The predicted octanol–water partition coefficient (Wildman–Crippen LogP) is 1.46.